The van der Waals surface area contributed by atoms with Crippen LogP contribution in [0.1, 0.15) is 111 Å². The van der Waals surface area contributed by atoms with Crippen LogP contribution in [-0.4, -0.2) is 175 Å². The second kappa shape index (κ2) is 20.1. The molecule has 0 aromatic heterocycles. The Bertz CT molecular complexity index is 2230. The van der Waals surface area contributed by atoms with Gasteiger partial charge in [0.2, 0.25) is 6.29 Å². The number of fused-ring (bicyclic) bond motifs is 3. The van der Waals surface area contributed by atoms with E-state index in [4.69, 9.17) is 47.4 Å². The molecule has 5 saturated heterocycles. The Kier molecular flexibility index (Phi) is 14.6. The number of hydrogen-bond donors (Lipinski definition) is 8. The zero-order chi connectivity index (χ0) is 49.3. The van der Waals surface area contributed by atoms with Gasteiger partial charge in [0.05, 0.1) is 78.3 Å². The molecule has 2 aromatic carbocycles. The summed E-state index contributed by atoms with van der Waals surface area (Å²) in [4.78, 5) is 28.3. The van der Waals surface area contributed by atoms with Gasteiger partial charge in [-0.15, -0.1) is 0 Å². The molecule has 69 heavy (non-hydrogen) atoms. The van der Waals surface area contributed by atoms with Crippen LogP contribution >= 0.6 is 0 Å². The number of phenols is 2. The summed E-state index contributed by atoms with van der Waals surface area (Å²) in [5.41, 5.74) is 0.314. The molecule has 0 saturated carbocycles. The molecule has 7 aliphatic rings. The number of aryl methyl sites for hydroxylation is 1. The lowest BCUT2D eigenvalue weighted by Gasteiger charge is -2.45. The number of aromatic hydroxyl groups is 2. The fourth-order valence-corrected chi connectivity index (χ4v) is 10.8. The maximum atomic E-state index is 14.2. The zero-order valence-electron chi connectivity index (χ0n) is 39.3. The highest BCUT2D eigenvalue weighted by atomic mass is 16.8. The SMILES string of the molecule is Cc1cc(O)c2c(c1)C[C@@H](O)C1=C2C(=O)c2c(O)ccc(O[C@H]3C[C@@H](O)[C@H](O[C@H]4C[C@@H](O[C@H]5CC[C@H](O[C@H]6C[C@@H](O)[C@H](O[C@H]7C[C@@H](O)[C@H](O)[C@@H](C)O7)[C@@H](C)O6)[C@H](C)O5)[C@H](O)[C@@H](C)O4)[C@@H](C)O3)c2C1=O. The molecule has 0 radical (unpaired) electrons. The molecule has 9 rings (SSSR count). The Hall–Kier alpha value is -3.68. The van der Waals surface area contributed by atoms with Crippen molar-refractivity contribution in [3.63, 3.8) is 0 Å². The predicted octanol–water partition coefficient (Wildman–Crippen LogP) is 1.94. The lowest BCUT2D eigenvalue weighted by Crippen LogP contribution is -2.56. The molecule has 5 aliphatic heterocycles. The number of carbonyl (C=O) groups is 2. The molecule has 2 aromatic rings. The Morgan fingerprint density at radius 3 is 1.75 bits per heavy atom. The highest BCUT2D eigenvalue weighted by Gasteiger charge is 2.48. The van der Waals surface area contributed by atoms with Gasteiger partial charge in [-0.2, -0.15) is 0 Å². The van der Waals surface area contributed by atoms with Gasteiger partial charge >= 0.3 is 0 Å². The number of Topliss-reactive ketones (excluding diaryl/α,β-unsaturated/α-hetero) is 2. The number of aliphatic hydroxyl groups excluding tert-OH is 6. The molecule has 0 amide bonds. The van der Waals surface area contributed by atoms with E-state index in [1.807, 2.05) is 6.92 Å². The van der Waals surface area contributed by atoms with Crippen LogP contribution in [0.4, 0.5) is 0 Å². The molecule has 20 nitrogen and oxygen atoms in total. The highest BCUT2D eigenvalue weighted by Crippen LogP contribution is 2.48. The van der Waals surface area contributed by atoms with Gasteiger partial charge in [-0.25, -0.2) is 0 Å². The van der Waals surface area contributed by atoms with Gasteiger partial charge < -0.3 is 88.2 Å². The lowest BCUT2D eigenvalue weighted by atomic mass is 9.72. The van der Waals surface area contributed by atoms with Gasteiger partial charge in [0.25, 0.3) is 0 Å². The molecule has 0 spiro atoms. The topological polar surface area (TPSA) is 288 Å². The van der Waals surface area contributed by atoms with Crippen LogP contribution in [-0.2, 0) is 49.1 Å². The Morgan fingerprint density at radius 1 is 0.536 bits per heavy atom. The standard InChI is InChI=1S/C49H64O20/c1-18-11-24-13-27(52)41-43(39(24)26(51)12-18)47(59)40-25(50)7-8-32(42(40)46(41)58)66-36-16-30(55)49(23(6)64-36)69-38-17-33(45(57)21(4)62-38)67-34-10-9-31(19(2)60-34)65-35-15-29(54)48(22(5)63-35)68-37-14-28(53)44(56)20(3)61-37/h7-8,11-12,19-23,27-31,33-38,44-45,48-57H,9-10,13-17H2,1-6H3/t19-,20+,21+,22+,23+,27+,28+,29+,30+,31-,33+,34-,35-,36-,37-,38-,44+,45+,48+,49+/m0/s1. The van der Waals surface area contributed by atoms with Gasteiger partial charge in [0.1, 0.15) is 41.7 Å². The number of ketones is 2. The van der Waals surface area contributed by atoms with Crippen LogP contribution in [0.2, 0.25) is 0 Å². The average Bonchev–Trinajstić information content (AvgIpc) is 3.27. The summed E-state index contributed by atoms with van der Waals surface area (Å²) in [6.07, 6.45) is -16.0. The number of carbonyl (C=O) groups excluding carboxylic acids is 2. The van der Waals surface area contributed by atoms with E-state index in [0.29, 0.717) is 24.0 Å². The molecule has 0 bridgehead atoms. The van der Waals surface area contributed by atoms with E-state index >= 15 is 0 Å². The number of benzene rings is 2. The van der Waals surface area contributed by atoms with Crippen molar-refractivity contribution in [2.24, 2.45) is 0 Å². The van der Waals surface area contributed by atoms with E-state index in [1.165, 1.54) is 18.2 Å². The molecule has 5 heterocycles. The summed E-state index contributed by atoms with van der Waals surface area (Å²) in [5.74, 6) is -2.35. The summed E-state index contributed by atoms with van der Waals surface area (Å²) in [6, 6.07) is 5.70. The molecule has 5 fully saturated rings. The Morgan fingerprint density at radius 2 is 1.10 bits per heavy atom. The quantitative estimate of drug-likeness (QED) is 0.169. The Labute approximate surface area is 398 Å². The van der Waals surface area contributed by atoms with Crippen LogP contribution < -0.4 is 4.74 Å². The monoisotopic (exact) mass is 972 g/mol. The highest BCUT2D eigenvalue weighted by molar-refractivity contribution is 6.42. The van der Waals surface area contributed by atoms with Crippen LogP contribution in [0.3, 0.4) is 0 Å². The van der Waals surface area contributed by atoms with E-state index in [-0.39, 0.29) is 71.4 Å². The first-order valence-electron chi connectivity index (χ1n) is 23.9. The third-order valence-corrected chi connectivity index (χ3v) is 14.4. The van der Waals surface area contributed by atoms with Crippen molar-refractivity contribution in [2.45, 2.75) is 209 Å². The molecule has 2 aliphatic carbocycles. The number of aliphatic hydroxyl groups is 6. The second-order valence-corrected chi connectivity index (χ2v) is 19.5. The number of rotatable bonds is 10. The maximum absolute atomic E-state index is 14.2. The molecule has 0 unspecified atom stereocenters. The normalized spacial score (nSPS) is 41.6. The van der Waals surface area contributed by atoms with Crippen molar-refractivity contribution in [1.82, 2.24) is 0 Å². The fourth-order valence-electron chi connectivity index (χ4n) is 10.8. The third kappa shape index (κ3) is 9.97. The summed E-state index contributed by atoms with van der Waals surface area (Å²) >= 11 is 0. The van der Waals surface area contributed by atoms with Crippen molar-refractivity contribution < 1.29 is 97.8 Å². The molecule has 20 atom stereocenters. The minimum absolute atomic E-state index is 0.0232. The van der Waals surface area contributed by atoms with Crippen molar-refractivity contribution in [1.29, 1.82) is 0 Å². The summed E-state index contributed by atoms with van der Waals surface area (Å²) in [7, 11) is 0. The average molecular weight is 973 g/mol. The van der Waals surface area contributed by atoms with E-state index in [9.17, 15) is 50.4 Å². The van der Waals surface area contributed by atoms with Gasteiger partial charge in [-0.1, -0.05) is 6.07 Å². The van der Waals surface area contributed by atoms with Gasteiger partial charge in [-0.05, 0) is 77.3 Å². The van der Waals surface area contributed by atoms with Crippen LogP contribution in [0.15, 0.2) is 29.8 Å². The van der Waals surface area contributed by atoms with Crippen molar-refractivity contribution >= 4 is 17.1 Å². The fraction of sp³-hybridized carbons (Fsp3) is 0.673. The van der Waals surface area contributed by atoms with Crippen molar-refractivity contribution in [2.75, 3.05) is 0 Å². The molecule has 20 heteroatoms. The van der Waals surface area contributed by atoms with E-state index < -0.39 is 140 Å². The smallest absolute Gasteiger partial charge is 0.202 e. The van der Waals surface area contributed by atoms with Gasteiger partial charge in [0, 0.05) is 55.2 Å². The minimum Gasteiger partial charge on any atom is -0.507 e. The summed E-state index contributed by atoms with van der Waals surface area (Å²) in [6.45, 7) is 10.3. The maximum Gasteiger partial charge on any atom is 0.202 e. The lowest BCUT2D eigenvalue weighted by molar-refractivity contribution is -0.336. The van der Waals surface area contributed by atoms with E-state index in [0.717, 1.165) is 0 Å². The number of allylic oxidation sites excluding steroid dienone is 1. The number of phenolic OH excluding ortho intramolecular Hbond substituents is 2. The van der Waals surface area contributed by atoms with Crippen LogP contribution in [0.25, 0.3) is 5.57 Å². The number of hydrogen-bond acceptors (Lipinski definition) is 20. The summed E-state index contributed by atoms with van der Waals surface area (Å²) in [5, 5.41) is 86.8. The van der Waals surface area contributed by atoms with E-state index in [1.54, 1.807) is 40.7 Å². The van der Waals surface area contributed by atoms with Crippen molar-refractivity contribution in [3.8, 4) is 17.2 Å². The molecular formula is C49H64O20. The minimum atomic E-state index is -1.37. The predicted molar refractivity (Wildman–Crippen MR) is 236 cm³/mol. The number of ether oxygens (including phenoxy) is 10. The van der Waals surface area contributed by atoms with Gasteiger partial charge in [-0.3, -0.25) is 9.59 Å². The summed E-state index contributed by atoms with van der Waals surface area (Å²) < 4.78 is 61.2. The van der Waals surface area contributed by atoms with E-state index in [2.05, 4.69) is 0 Å². The second-order valence-electron chi connectivity index (χ2n) is 19.5. The first-order valence-corrected chi connectivity index (χ1v) is 23.9. The Balaban J connectivity index is 0.778. The zero-order valence-corrected chi connectivity index (χ0v) is 39.3. The van der Waals surface area contributed by atoms with Crippen LogP contribution in [0, 0.1) is 6.92 Å². The van der Waals surface area contributed by atoms with Crippen molar-refractivity contribution in [3.05, 3.63) is 57.7 Å². The molecule has 8 N–H and O–H groups in total. The molecule has 380 valence electrons. The first kappa shape index (κ1) is 50.3. The largest absolute Gasteiger partial charge is 0.507 e. The third-order valence-electron chi connectivity index (χ3n) is 14.4. The first-order chi connectivity index (χ1) is 32.8. The van der Waals surface area contributed by atoms with Gasteiger partial charge in [0.15, 0.2) is 36.7 Å². The molecular weight excluding hydrogens is 909 g/mol. The van der Waals surface area contributed by atoms with Crippen LogP contribution in [0.5, 0.6) is 17.2 Å².